The van der Waals surface area contributed by atoms with Crippen molar-refractivity contribution in [2.75, 3.05) is 6.61 Å². The van der Waals surface area contributed by atoms with Gasteiger partial charge in [0.05, 0.1) is 6.04 Å². The second kappa shape index (κ2) is 9.30. The van der Waals surface area contributed by atoms with Crippen LogP contribution in [0, 0.1) is 0 Å². The quantitative estimate of drug-likeness (QED) is 0.551. The number of amides is 1. The van der Waals surface area contributed by atoms with Gasteiger partial charge in [0.2, 0.25) is 0 Å². The van der Waals surface area contributed by atoms with Crippen molar-refractivity contribution in [3.63, 3.8) is 0 Å². The summed E-state index contributed by atoms with van der Waals surface area (Å²) in [7, 11) is 0. The fourth-order valence-corrected chi connectivity index (χ4v) is 2.65. The van der Waals surface area contributed by atoms with Crippen LogP contribution in [0.5, 0.6) is 0 Å². The van der Waals surface area contributed by atoms with Crippen LogP contribution in [-0.4, -0.2) is 35.5 Å². The molecule has 2 N–H and O–H groups in total. The van der Waals surface area contributed by atoms with Crippen molar-refractivity contribution < 1.29 is 24.2 Å². The van der Waals surface area contributed by atoms with Crippen LogP contribution in [-0.2, 0) is 14.3 Å². The van der Waals surface area contributed by atoms with E-state index in [0.717, 1.165) is 0 Å². The highest BCUT2D eigenvalue weighted by Crippen LogP contribution is 2.28. The Hall–Kier alpha value is -2.70. The molecule has 0 aliphatic rings. The Bertz CT molecular complexity index is 746. The third-order valence-electron chi connectivity index (χ3n) is 4.09. The number of aliphatic hydroxyl groups is 1. The van der Waals surface area contributed by atoms with E-state index in [0.29, 0.717) is 17.7 Å². The highest BCUT2D eigenvalue weighted by molar-refractivity contribution is 5.95. The minimum Gasteiger partial charge on any atom is -0.434 e. The van der Waals surface area contributed by atoms with Gasteiger partial charge >= 0.3 is 5.97 Å². The van der Waals surface area contributed by atoms with E-state index >= 15 is 0 Å². The third-order valence-corrected chi connectivity index (χ3v) is 4.09. The number of hydrogen-bond donors (Lipinski definition) is 2. The molecule has 2 aromatic carbocycles. The van der Waals surface area contributed by atoms with Gasteiger partial charge < -0.3 is 19.9 Å². The molecule has 0 aromatic heterocycles. The molecule has 0 heterocycles. The molecule has 0 spiro atoms. The van der Waals surface area contributed by atoms with E-state index in [2.05, 4.69) is 5.32 Å². The number of benzene rings is 2. The molecular formula is C21H25NO5. The molecule has 2 rings (SSSR count). The van der Waals surface area contributed by atoms with Crippen molar-refractivity contribution in [3.05, 3.63) is 71.8 Å². The lowest BCUT2D eigenvalue weighted by Gasteiger charge is -2.32. The number of carbonyl (C=O) groups is 2. The number of nitrogens with one attached hydrogen (secondary N) is 1. The molecular weight excluding hydrogens is 346 g/mol. The molecule has 0 aliphatic heterocycles. The van der Waals surface area contributed by atoms with E-state index in [4.69, 9.17) is 9.47 Å². The van der Waals surface area contributed by atoms with Crippen LogP contribution >= 0.6 is 0 Å². The van der Waals surface area contributed by atoms with Crippen LogP contribution in [0.15, 0.2) is 60.7 Å². The first kappa shape index (κ1) is 20.6. The van der Waals surface area contributed by atoms with Gasteiger partial charge in [-0.2, -0.15) is 0 Å². The van der Waals surface area contributed by atoms with Crippen molar-refractivity contribution >= 4 is 11.9 Å². The van der Waals surface area contributed by atoms with Crippen molar-refractivity contribution in [2.24, 2.45) is 0 Å². The maximum Gasteiger partial charge on any atom is 0.342 e. The van der Waals surface area contributed by atoms with E-state index in [-0.39, 0.29) is 0 Å². The molecule has 0 radical (unpaired) electrons. The Kier molecular flexibility index (Phi) is 7.10. The molecule has 0 saturated carbocycles. The van der Waals surface area contributed by atoms with E-state index in [9.17, 15) is 14.7 Å². The summed E-state index contributed by atoms with van der Waals surface area (Å²) in [6, 6.07) is 16.4. The number of rotatable bonds is 8. The summed E-state index contributed by atoms with van der Waals surface area (Å²) in [4.78, 5) is 25.2. The van der Waals surface area contributed by atoms with Crippen molar-refractivity contribution in [1.29, 1.82) is 0 Å². The van der Waals surface area contributed by atoms with Crippen molar-refractivity contribution in [1.82, 2.24) is 5.32 Å². The first-order valence-electron chi connectivity index (χ1n) is 8.82. The van der Waals surface area contributed by atoms with E-state index in [1.54, 1.807) is 68.4 Å². The van der Waals surface area contributed by atoms with Crippen LogP contribution in [0.4, 0.5) is 0 Å². The first-order chi connectivity index (χ1) is 12.9. The zero-order chi connectivity index (χ0) is 19.9. The summed E-state index contributed by atoms with van der Waals surface area (Å²) in [6.45, 7) is 5.02. The maximum absolute atomic E-state index is 12.6. The Morgan fingerprint density at radius 3 is 2.19 bits per heavy atom. The average Bonchev–Trinajstić information content (AvgIpc) is 2.67. The smallest absolute Gasteiger partial charge is 0.342 e. The van der Waals surface area contributed by atoms with Crippen LogP contribution in [0.2, 0.25) is 0 Å². The Balaban J connectivity index is 2.29. The summed E-state index contributed by atoms with van der Waals surface area (Å²) < 4.78 is 10.4. The minimum absolute atomic E-state index is 0.365. The van der Waals surface area contributed by atoms with Gasteiger partial charge in [-0.25, -0.2) is 4.79 Å². The minimum atomic E-state index is -2.00. The van der Waals surface area contributed by atoms with E-state index < -0.39 is 29.8 Å². The van der Waals surface area contributed by atoms with Gasteiger partial charge in [-0.05, 0) is 38.5 Å². The lowest BCUT2D eigenvalue weighted by Crippen LogP contribution is -2.51. The normalized spacial score (nSPS) is 15.3. The topological polar surface area (TPSA) is 84.9 Å². The summed E-state index contributed by atoms with van der Waals surface area (Å²) in [5, 5.41) is 13.7. The molecule has 0 fully saturated rings. The largest absolute Gasteiger partial charge is 0.434 e. The molecule has 27 heavy (non-hydrogen) atoms. The first-order valence-corrected chi connectivity index (χ1v) is 8.82. The molecule has 144 valence electrons. The van der Waals surface area contributed by atoms with E-state index in [1.165, 1.54) is 6.92 Å². The van der Waals surface area contributed by atoms with Gasteiger partial charge in [0.15, 0.2) is 11.9 Å². The summed E-state index contributed by atoms with van der Waals surface area (Å²) in [5.74, 6) is -1.29. The number of carbonyl (C=O) groups excluding carboxylic acids is 2. The fourth-order valence-electron chi connectivity index (χ4n) is 2.65. The predicted molar refractivity (Wildman–Crippen MR) is 101 cm³/mol. The molecule has 0 aliphatic carbocycles. The van der Waals surface area contributed by atoms with Gasteiger partial charge in [0.1, 0.15) is 0 Å². The fraction of sp³-hybridized carbons (Fsp3) is 0.333. The lowest BCUT2D eigenvalue weighted by molar-refractivity contribution is -0.195. The lowest BCUT2D eigenvalue weighted by atomic mass is 9.89. The zero-order valence-electron chi connectivity index (χ0n) is 15.7. The second-order valence-corrected chi connectivity index (χ2v) is 6.26. The van der Waals surface area contributed by atoms with Crippen LogP contribution < -0.4 is 5.32 Å². The molecule has 0 saturated heterocycles. The molecule has 6 heteroatoms. The van der Waals surface area contributed by atoms with Gasteiger partial charge in [0.25, 0.3) is 5.91 Å². The van der Waals surface area contributed by atoms with Gasteiger partial charge in [0, 0.05) is 12.2 Å². The zero-order valence-corrected chi connectivity index (χ0v) is 15.7. The number of esters is 1. The predicted octanol–water partition coefficient (Wildman–Crippen LogP) is 2.83. The second-order valence-electron chi connectivity index (χ2n) is 6.26. The Morgan fingerprint density at radius 1 is 1.07 bits per heavy atom. The van der Waals surface area contributed by atoms with Gasteiger partial charge in [-0.15, -0.1) is 0 Å². The third kappa shape index (κ3) is 5.39. The number of hydrogen-bond acceptors (Lipinski definition) is 5. The van der Waals surface area contributed by atoms with Crippen molar-refractivity contribution in [3.8, 4) is 0 Å². The average molecular weight is 371 g/mol. The summed E-state index contributed by atoms with van der Waals surface area (Å²) in [5.41, 5.74) is -1.00. The standard InChI is InChI=1S/C21H25NO5/c1-4-26-15(2)27-20(24)21(3,25)18(16-11-7-5-8-12-16)22-19(23)17-13-9-6-10-14-17/h5-15,18,25H,4H2,1-3H3,(H,22,23). The molecule has 6 nitrogen and oxygen atoms in total. The highest BCUT2D eigenvalue weighted by Gasteiger charge is 2.43. The van der Waals surface area contributed by atoms with Crippen LogP contribution in [0.1, 0.15) is 42.7 Å². The molecule has 0 bridgehead atoms. The Morgan fingerprint density at radius 2 is 1.63 bits per heavy atom. The monoisotopic (exact) mass is 371 g/mol. The summed E-state index contributed by atoms with van der Waals surface area (Å²) in [6.07, 6.45) is -0.810. The van der Waals surface area contributed by atoms with Gasteiger partial charge in [-0.1, -0.05) is 48.5 Å². The molecule has 3 atom stereocenters. The maximum atomic E-state index is 12.6. The SMILES string of the molecule is CCOC(C)OC(=O)C(C)(O)C(NC(=O)c1ccccc1)c1ccccc1. The summed E-state index contributed by atoms with van der Waals surface area (Å²) >= 11 is 0. The molecule has 1 amide bonds. The number of ether oxygens (including phenoxy) is 2. The highest BCUT2D eigenvalue weighted by atomic mass is 16.7. The molecule has 2 aromatic rings. The van der Waals surface area contributed by atoms with Gasteiger partial charge in [-0.3, -0.25) is 4.79 Å². The Labute approximate surface area is 159 Å². The van der Waals surface area contributed by atoms with Crippen molar-refractivity contribution in [2.45, 2.75) is 38.7 Å². The van der Waals surface area contributed by atoms with E-state index in [1.807, 2.05) is 6.07 Å². The molecule has 3 unspecified atom stereocenters. The van der Waals surface area contributed by atoms with Crippen LogP contribution in [0.25, 0.3) is 0 Å². The van der Waals surface area contributed by atoms with Crippen LogP contribution in [0.3, 0.4) is 0 Å².